The lowest BCUT2D eigenvalue weighted by molar-refractivity contribution is -0.128. The maximum Gasteiger partial charge on any atom is 0.261 e. The Kier molecular flexibility index (Phi) is 6.49. The quantitative estimate of drug-likeness (QED) is 0.760. The molecule has 0 aliphatic heterocycles. The number of hydrogen-bond donors (Lipinski definition) is 1. The molecular formula is C21H26ClNO2. The predicted octanol–water partition coefficient (Wildman–Crippen LogP) is 5.30. The molecule has 0 aromatic heterocycles. The van der Waals surface area contributed by atoms with Crippen LogP contribution in [0, 0.1) is 20.8 Å². The Hall–Kier alpha value is -2.00. The third-order valence-corrected chi connectivity index (χ3v) is 4.89. The summed E-state index contributed by atoms with van der Waals surface area (Å²) < 4.78 is 5.77. The Bertz CT molecular complexity index is 758. The van der Waals surface area contributed by atoms with Crippen molar-refractivity contribution in [2.45, 2.75) is 53.2 Å². The SMILES string of the molecule is CC[C@H](NC(=O)[C@H](C)Oc1ccc(Cl)c(C)c1)c1ccc(C)c(C)c1. The van der Waals surface area contributed by atoms with E-state index >= 15 is 0 Å². The lowest BCUT2D eigenvalue weighted by Gasteiger charge is -2.22. The Labute approximate surface area is 155 Å². The van der Waals surface area contributed by atoms with Crippen LogP contribution in [0.1, 0.15) is 48.6 Å². The molecule has 1 amide bonds. The zero-order chi connectivity index (χ0) is 18.6. The third-order valence-electron chi connectivity index (χ3n) is 4.47. The lowest BCUT2D eigenvalue weighted by Crippen LogP contribution is -2.38. The molecule has 0 unspecified atom stereocenters. The van der Waals surface area contributed by atoms with E-state index < -0.39 is 6.10 Å². The largest absolute Gasteiger partial charge is 0.481 e. The third kappa shape index (κ3) is 4.99. The molecule has 4 heteroatoms. The van der Waals surface area contributed by atoms with Crippen molar-refractivity contribution in [3.63, 3.8) is 0 Å². The number of carbonyl (C=O) groups is 1. The van der Waals surface area contributed by atoms with Crippen molar-refractivity contribution in [2.75, 3.05) is 0 Å². The second kappa shape index (κ2) is 8.39. The van der Waals surface area contributed by atoms with Crippen LogP contribution in [-0.4, -0.2) is 12.0 Å². The van der Waals surface area contributed by atoms with Gasteiger partial charge in [0.25, 0.3) is 5.91 Å². The summed E-state index contributed by atoms with van der Waals surface area (Å²) in [5, 5.41) is 3.77. The summed E-state index contributed by atoms with van der Waals surface area (Å²) >= 11 is 6.02. The van der Waals surface area contributed by atoms with Gasteiger partial charge in [0.05, 0.1) is 6.04 Å². The van der Waals surface area contributed by atoms with Gasteiger partial charge in [-0.1, -0.05) is 36.7 Å². The van der Waals surface area contributed by atoms with Crippen LogP contribution in [0.5, 0.6) is 5.75 Å². The molecule has 0 fully saturated rings. The molecule has 2 atom stereocenters. The Morgan fingerprint density at radius 3 is 2.40 bits per heavy atom. The molecule has 134 valence electrons. The average molecular weight is 360 g/mol. The van der Waals surface area contributed by atoms with E-state index in [1.165, 1.54) is 11.1 Å². The molecule has 2 rings (SSSR count). The highest BCUT2D eigenvalue weighted by Gasteiger charge is 2.19. The zero-order valence-corrected chi connectivity index (χ0v) is 16.3. The van der Waals surface area contributed by atoms with Crippen molar-refractivity contribution in [3.05, 3.63) is 63.7 Å². The molecule has 0 bridgehead atoms. The maximum atomic E-state index is 12.5. The number of ether oxygens (including phenoxy) is 1. The van der Waals surface area contributed by atoms with E-state index in [0.717, 1.165) is 17.5 Å². The van der Waals surface area contributed by atoms with E-state index in [-0.39, 0.29) is 11.9 Å². The van der Waals surface area contributed by atoms with Gasteiger partial charge in [-0.2, -0.15) is 0 Å². The fourth-order valence-corrected chi connectivity index (χ4v) is 2.76. The van der Waals surface area contributed by atoms with E-state index in [1.54, 1.807) is 19.1 Å². The van der Waals surface area contributed by atoms with Crippen LogP contribution in [0.4, 0.5) is 0 Å². The minimum atomic E-state index is -0.582. The summed E-state index contributed by atoms with van der Waals surface area (Å²) in [5.74, 6) is 0.515. The minimum absolute atomic E-state index is 0.0233. The first-order valence-electron chi connectivity index (χ1n) is 8.62. The summed E-state index contributed by atoms with van der Waals surface area (Å²) in [7, 11) is 0. The average Bonchev–Trinajstić information content (AvgIpc) is 2.58. The van der Waals surface area contributed by atoms with Gasteiger partial charge in [0.1, 0.15) is 5.75 Å². The van der Waals surface area contributed by atoms with Gasteiger partial charge in [-0.15, -0.1) is 0 Å². The number of benzene rings is 2. The van der Waals surface area contributed by atoms with Gasteiger partial charge in [0, 0.05) is 5.02 Å². The number of halogens is 1. The van der Waals surface area contributed by atoms with Crippen LogP contribution in [0.3, 0.4) is 0 Å². The highest BCUT2D eigenvalue weighted by Crippen LogP contribution is 2.23. The maximum absolute atomic E-state index is 12.5. The van der Waals surface area contributed by atoms with Crippen LogP contribution in [-0.2, 0) is 4.79 Å². The van der Waals surface area contributed by atoms with Crippen molar-refractivity contribution in [2.24, 2.45) is 0 Å². The highest BCUT2D eigenvalue weighted by atomic mass is 35.5. The van der Waals surface area contributed by atoms with Gasteiger partial charge in [-0.05, 0) is 74.6 Å². The lowest BCUT2D eigenvalue weighted by atomic mass is 9.99. The predicted molar refractivity (Wildman–Crippen MR) is 103 cm³/mol. The van der Waals surface area contributed by atoms with Gasteiger partial charge in [0.15, 0.2) is 6.10 Å². The highest BCUT2D eigenvalue weighted by molar-refractivity contribution is 6.31. The van der Waals surface area contributed by atoms with E-state index in [0.29, 0.717) is 10.8 Å². The van der Waals surface area contributed by atoms with Crippen LogP contribution < -0.4 is 10.1 Å². The van der Waals surface area contributed by atoms with Crippen LogP contribution in [0.25, 0.3) is 0 Å². The van der Waals surface area contributed by atoms with Crippen LogP contribution in [0.15, 0.2) is 36.4 Å². The smallest absolute Gasteiger partial charge is 0.261 e. The molecule has 3 nitrogen and oxygen atoms in total. The fourth-order valence-electron chi connectivity index (χ4n) is 2.64. The molecule has 2 aromatic rings. The number of nitrogens with one attached hydrogen (secondary N) is 1. The van der Waals surface area contributed by atoms with Crippen molar-refractivity contribution in [1.29, 1.82) is 0 Å². The fraction of sp³-hybridized carbons (Fsp3) is 0.381. The molecule has 0 aliphatic carbocycles. The van der Waals surface area contributed by atoms with Gasteiger partial charge in [-0.3, -0.25) is 4.79 Å². The van der Waals surface area contributed by atoms with E-state index in [4.69, 9.17) is 16.3 Å². The Morgan fingerprint density at radius 1 is 1.08 bits per heavy atom. The summed E-state index contributed by atoms with van der Waals surface area (Å²) in [4.78, 5) is 12.5. The molecule has 0 radical (unpaired) electrons. The summed E-state index contributed by atoms with van der Waals surface area (Å²) in [6.07, 6.45) is 0.238. The number of carbonyl (C=O) groups excluding carboxylic acids is 1. The Morgan fingerprint density at radius 2 is 1.80 bits per heavy atom. The van der Waals surface area contributed by atoms with Crippen LogP contribution >= 0.6 is 11.6 Å². The van der Waals surface area contributed by atoms with Gasteiger partial charge < -0.3 is 10.1 Å². The van der Waals surface area contributed by atoms with Crippen molar-refractivity contribution >= 4 is 17.5 Å². The Balaban J connectivity index is 2.05. The number of hydrogen-bond acceptors (Lipinski definition) is 2. The van der Waals surface area contributed by atoms with Crippen molar-refractivity contribution in [1.82, 2.24) is 5.32 Å². The summed E-state index contributed by atoms with van der Waals surface area (Å²) in [6, 6.07) is 11.7. The van der Waals surface area contributed by atoms with Gasteiger partial charge in [0.2, 0.25) is 0 Å². The second-order valence-electron chi connectivity index (χ2n) is 6.48. The molecule has 25 heavy (non-hydrogen) atoms. The van der Waals surface area contributed by atoms with Gasteiger partial charge in [-0.25, -0.2) is 0 Å². The minimum Gasteiger partial charge on any atom is -0.481 e. The summed E-state index contributed by atoms with van der Waals surface area (Å²) in [5.41, 5.74) is 4.52. The molecule has 0 saturated carbocycles. The molecular weight excluding hydrogens is 334 g/mol. The topological polar surface area (TPSA) is 38.3 Å². The standard InChI is InChI=1S/C21H26ClNO2/c1-6-20(17-8-7-13(2)14(3)11-17)23-21(24)16(5)25-18-9-10-19(22)15(4)12-18/h7-12,16,20H,6H2,1-5H3,(H,23,24)/t16-,20-/m0/s1. The van der Waals surface area contributed by atoms with E-state index in [9.17, 15) is 4.79 Å². The monoisotopic (exact) mass is 359 g/mol. The first-order chi connectivity index (χ1) is 11.8. The molecule has 1 N–H and O–H groups in total. The number of aryl methyl sites for hydroxylation is 3. The van der Waals surface area contributed by atoms with Crippen LogP contribution in [0.2, 0.25) is 5.02 Å². The number of amides is 1. The molecule has 2 aromatic carbocycles. The summed E-state index contributed by atoms with van der Waals surface area (Å²) in [6.45, 7) is 9.90. The van der Waals surface area contributed by atoms with Crippen molar-refractivity contribution < 1.29 is 9.53 Å². The molecule has 0 saturated heterocycles. The number of rotatable bonds is 6. The van der Waals surface area contributed by atoms with E-state index in [1.807, 2.05) is 13.0 Å². The van der Waals surface area contributed by atoms with E-state index in [2.05, 4.69) is 44.3 Å². The van der Waals surface area contributed by atoms with Gasteiger partial charge >= 0.3 is 0 Å². The normalized spacial score (nSPS) is 13.2. The second-order valence-corrected chi connectivity index (χ2v) is 6.89. The zero-order valence-electron chi connectivity index (χ0n) is 15.5. The first kappa shape index (κ1) is 19.3. The molecule has 0 aliphatic rings. The van der Waals surface area contributed by atoms with Crippen molar-refractivity contribution in [3.8, 4) is 5.75 Å². The first-order valence-corrected chi connectivity index (χ1v) is 9.00. The molecule has 0 spiro atoms. The molecule has 0 heterocycles.